The molecule has 0 spiro atoms. The highest BCUT2D eigenvalue weighted by molar-refractivity contribution is 7.98. The van der Waals surface area contributed by atoms with E-state index in [1.807, 2.05) is 25.1 Å². The van der Waals surface area contributed by atoms with E-state index in [4.69, 9.17) is 0 Å². The van der Waals surface area contributed by atoms with Gasteiger partial charge >= 0.3 is 0 Å². The minimum Gasteiger partial charge on any atom is -0.370 e. The Hall–Kier alpha value is -2.08. The van der Waals surface area contributed by atoms with Crippen LogP contribution in [0.2, 0.25) is 0 Å². The van der Waals surface area contributed by atoms with E-state index in [0.717, 1.165) is 17.9 Å². The molecule has 0 bridgehead atoms. The van der Waals surface area contributed by atoms with E-state index in [2.05, 4.69) is 10.3 Å². The summed E-state index contributed by atoms with van der Waals surface area (Å²) < 4.78 is 0. The van der Waals surface area contributed by atoms with Gasteiger partial charge in [-0.05, 0) is 24.6 Å². The number of para-hydroxylation sites is 1. The van der Waals surface area contributed by atoms with Crippen LogP contribution in [0.5, 0.6) is 0 Å². The van der Waals surface area contributed by atoms with Gasteiger partial charge in [-0.3, -0.25) is 10.1 Å². The van der Waals surface area contributed by atoms with Gasteiger partial charge in [0.2, 0.25) is 0 Å². The summed E-state index contributed by atoms with van der Waals surface area (Å²) in [5.74, 6) is 1.50. The molecule has 5 nitrogen and oxygen atoms in total. The van der Waals surface area contributed by atoms with Gasteiger partial charge in [0, 0.05) is 24.6 Å². The van der Waals surface area contributed by atoms with Crippen molar-refractivity contribution in [1.29, 1.82) is 0 Å². The van der Waals surface area contributed by atoms with Crippen LogP contribution in [-0.4, -0.2) is 16.5 Å². The number of thioether (sulfide) groups is 1. The minimum atomic E-state index is -0.352. The number of pyridine rings is 1. The van der Waals surface area contributed by atoms with Crippen molar-refractivity contribution in [3.8, 4) is 0 Å². The van der Waals surface area contributed by atoms with E-state index >= 15 is 0 Å². The summed E-state index contributed by atoms with van der Waals surface area (Å²) >= 11 is 1.45. The molecule has 0 amide bonds. The van der Waals surface area contributed by atoms with Gasteiger partial charge < -0.3 is 5.32 Å². The molecule has 0 aliphatic carbocycles. The third-order valence-corrected chi connectivity index (χ3v) is 3.77. The van der Waals surface area contributed by atoms with Gasteiger partial charge in [0.15, 0.2) is 0 Å². The molecule has 20 heavy (non-hydrogen) atoms. The molecule has 1 aromatic carbocycles. The van der Waals surface area contributed by atoms with E-state index in [1.165, 1.54) is 17.8 Å². The van der Waals surface area contributed by atoms with Crippen LogP contribution in [0.1, 0.15) is 12.5 Å². The average Bonchev–Trinajstić information content (AvgIpc) is 2.47. The zero-order valence-electron chi connectivity index (χ0n) is 11.1. The largest absolute Gasteiger partial charge is 0.370 e. The van der Waals surface area contributed by atoms with Crippen LogP contribution in [0, 0.1) is 10.1 Å². The number of anilines is 1. The van der Waals surface area contributed by atoms with Gasteiger partial charge in [-0.15, -0.1) is 11.8 Å². The predicted molar refractivity (Wildman–Crippen MR) is 81.1 cm³/mol. The maximum atomic E-state index is 10.9. The summed E-state index contributed by atoms with van der Waals surface area (Å²) in [6.07, 6.45) is 1.79. The molecule has 2 aromatic rings. The molecular weight excluding hydrogens is 274 g/mol. The Morgan fingerprint density at radius 2 is 2.10 bits per heavy atom. The number of hydrogen-bond donors (Lipinski definition) is 1. The number of rotatable bonds is 6. The Bertz CT molecular complexity index is 587. The molecule has 0 atom stereocenters. The monoisotopic (exact) mass is 289 g/mol. The van der Waals surface area contributed by atoms with Crippen LogP contribution < -0.4 is 5.32 Å². The highest BCUT2D eigenvalue weighted by Gasteiger charge is 2.12. The van der Waals surface area contributed by atoms with Crippen molar-refractivity contribution in [1.82, 2.24) is 4.98 Å². The molecule has 0 saturated heterocycles. The van der Waals surface area contributed by atoms with E-state index < -0.39 is 0 Å². The molecule has 2 rings (SSSR count). The van der Waals surface area contributed by atoms with Crippen LogP contribution >= 0.6 is 11.8 Å². The highest BCUT2D eigenvalue weighted by atomic mass is 32.2. The summed E-state index contributed by atoms with van der Waals surface area (Å²) in [5.41, 5.74) is 1.18. The fourth-order valence-electron chi connectivity index (χ4n) is 1.69. The SMILES string of the molecule is CCNc1ccc(CSc2ccccc2[N+](=O)[O-])cn1. The summed E-state index contributed by atoms with van der Waals surface area (Å²) in [6, 6.07) is 10.7. The van der Waals surface area contributed by atoms with Crippen molar-refractivity contribution in [2.75, 3.05) is 11.9 Å². The number of benzene rings is 1. The van der Waals surface area contributed by atoms with Crippen molar-refractivity contribution in [3.05, 3.63) is 58.3 Å². The van der Waals surface area contributed by atoms with Crippen LogP contribution in [0.3, 0.4) is 0 Å². The number of nitrogens with one attached hydrogen (secondary N) is 1. The minimum absolute atomic E-state index is 0.148. The third kappa shape index (κ3) is 3.71. The standard InChI is InChI=1S/C14H15N3O2S/c1-2-15-14-8-7-11(9-16-14)10-20-13-6-4-3-5-12(13)17(18)19/h3-9H,2,10H2,1H3,(H,15,16). The van der Waals surface area contributed by atoms with Gasteiger partial charge in [-0.1, -0.05) is 18.2 Å². The molecule has 6 heteroatoms. The Labute approximate surface area is 121 Å². The highest BCUT2D eigenvalue weighted by Crippen LogP contribution is 2.30. The molecule has 0 aliphatic rings. The topological polar surface area (TPSA) is 68.1 Å². The van der Waals surface area contributed by atoms with Crippen molar-refractivity contribution in [2.45, 2.75) is 17.6 Å². The Morgan fingerprint density at radius 3 is 2.75 bits per heavy atom. The predicted octanol–water partition coefficient (Wildman–Crippen LogP) is 3.71. The molecule has 1 heterocycles. The first kappa shape index (κ1) is 14.3. The van der Waals surface area contributed by atoms with Crippen LogP contribution in [0.4, 0.5) is 11.5 Å². The molecule has 0 aliphatic heterocycles. The number of nitrogens with zero attached hydrogens (tertiary/aromatic N) is 2. The van der Waals surface area contributed by atoms with Gasteiger partial charge in [0.25, 0.3) is 5.69 Å². The van der Waals surface area contributed by atoms with Crippen molar-refractivity contribution < 1.29 is 4.92 Å². The summed E-state index contributed by atoms with van der Waals surface area (Å²) in [5, 5.41) is 14.0. The fourth-order valence-corrected chi connectivity index (χ4v) is 2.64. The summed E-state index contributed by atoms with van der Waals surface area (Å²) in [7, 11) is 0. The second kappa shape index (κ2) is 6.91. The first-order valence-electron chi connectivity index (χ1n) is 6.25. The molecule has 1 aromatic heterocycles. The molecular formula is C14H15N3O2S. The van der Waals surface area contributed by atoms with Gasteiger partial charge in [0.05, 0.1) is 9.82 Å². The third-order valence-electron chi connectivity index (χ3n) is 2.64. The van der Waals surface area contributed by atoms with E-state index in [0.29, 0.717) is 10.6 Å². The van der Waals surface area contributed by atoms with Crippen LogP contribution in [0.25, 0.3) is 0 Å². The summed E-state index contributed by atoms with van der Waals surface area (Å²) in [6.45, 7) is 2.84. The van der Waals surface area contributed by atoms with Crippen molar-refractivity contribution in [2.24, 2.45) is 0 Å². The number of nitro groups is 1. The molecule has 0 unspecified atom stereocenters. The van der Waals surface area contributed by atoms with E-state index in [-0.39, 0.29) is 10.6 Å². The normalized spacial score (nSPS) is 10.2. The lowest BCUT2D eigenvalue weighted by Gasteiger charge is -2.05. The first-order valence-corrected chi connectivity index (χ1v) is 7.24. The molecule has 0 saturated carbocycles. The smallest absolute Gasteiger partial charge is 0.282 e. The van der Waals surface area contributed by atoms with Crippen LogP contribution in [-0.2, 0) is 5.75 Å². The lowest BCUT2D eigenvalue weighted by atomic mass is 10.3. The molecule has 0 fully saturated rings. The zero-order chi connectivity index (χ0) is 14.4. The van der Waals surface area contributed by atoms with Gasteiger partial charge in [-0.25, -0.2) is 4.98 Å². The van der Waals surface area contributed by atoms with Crippen LogP contribution in [0.15, 0.2) is 47.5 Å². The van der Waals surface area contributed by atoms with Crippen molar-refractivity contribution >= 4 is 23.3 Å². The van der Waals surface area contributed by atoms with E-state index in [9.17, 15) is 10.1 Å². The number of aromatic nitrogens is 1. The fraction of sp³-hybridized carbons (Fsp3) is 0.214. The maximum absolute atomic E-state index is 10.9. The van der Waals surface area contributed by atoms with Crippen molar-refractivity contribution in [3.63, 3.8) is 0 Å². The maximum Gasteiger partial charge on any atom is 0.282 e. The molecule has 0 radical (unpaired) electrons. The first-order chi connectivity index (χ1) is 9.70. The quantitative estimate of drug-likeness (QED) is 0.499. The van der Waals surface area contributed by atoms with Gasteiger partial charge in [-0.2, -0.15) is 0 Å². The molecule has 1 N–H and O–H groups in total. The Balaban J connectivity index is 2.03. The summed E-state index contributed by atoms with van der Waals surface area (Å²) in [4.78, 5) is 15.5. The Morgan fingerprint density at radius 1 is 1.30 bits per heavy atom. The molecule has 104 valence electrons. The van der Waals surface area contributed by atoms with Gasteiger partial charge in [0.1, 0.15) is 5.82 Å². The second-order valence-corrected chi connectivity index (χ2v) is 5.11. The van der Waals surface area contributed by atoms with E-state index in [1.54, 1.807) is 18.3 Å². The number of nitro benzene ring substituents is 1. The number of hydrogen-bond acceptors (Lipinski definition) is 5. The lowest BCUT2D eigenvalue weighted by molar-refractivity contribution is -0.387. The second-order valence-electron chi connectivity index (χ2n) is 4.10. The Kier molecular flexibility index (Phi) is 4.95. The lowest BCUT2D eigenvalue weighted by Crippen LogP contribution is -1.98. The average molecular weight is 289 g/mol. The zero-order valence-corrected chi connectivity index (χ0v) is 11.9.